The standard InChI is InChI=1S/C20H35N5S.HI/c1-3-21-20(22-14-17-8-6-10-24(2)16-17)23-15-18(19-9-7-13-26-19)25-11-4-5-12-25;/h7,9,13,17-18H,3-6,8,10-12,14-16H2,1-2H3,(H2,21,22,23);1H. The molecule has 2 atom stereocenters. The van der Waals surface area contributed by atoms with Gasteiger partial charge in [0.1, 0.15) is 0 Å². The number of guanidine groups is 1. The minimum Gasteiger partial charge on any atom is -0.357 e. The first-order chi connectivity index (χ1) is 12.8. The molecule has 2 aliphatic rings. The maximum Gasteiger partial charge on any atom is 0.191 e. The van der Waals surface area contributed by atoms with Gasteiger partial charge in [0.25, 0.3) is 0 Å². The van der Waals surface area contributed by atoms with Crippen molar-refractivity contribution in [2.75, 3.05) is 52.9 Å². The molecule has 0 aromatic carbocycles. The average molecular weight is 506 g/mol. The molecule has 27 heavy (non-hydrogen) atoms. The molecule has 3 heterocycles. The first-order valence-electron chi connectivity index (χ1n) is 10.2. The van der Waals surface area contributed by atoms with Gasteiger partial charge in [-0.1, -0.05) is 6.07 Å². The van der Waals surface area contributed by atoms with Gasteiger partial charge in [-0.2, -0.15) is 0 Å². The van der Waals surface area contributed by atoms with E-state index in [1.54, 1.807) is 0 Å². The second-order valence-electron chi connectivity index (χ2n) is 7.65. The van der Waals surface area contributed by atoms with Gasteiger partial charge in [0.05, 0.1) is 12.6 Å². The lowest BCUT2D eigenvalue weighted by molar-refractivity contribution is 0.210. The van der Waals surface area contributed by atoms with Gasteiger partial charge >= 0.3 is 0 Å². The number of aliphatic imine (C=N–C) groups is 1. The van der Waals surface area contributed by atoms with Crippen molar-refractivity contribution < 1.29 is 0 Å². The van der Waals surface area contributed by atoms with Crippen molar-refractivity contribution in [3.05, 3.63) is 22.4 Å². The molecule has 0 bridgehead atoms. The molecule has 154 valence electrons. The van der Waals surface area contributed by atoms with Gasteiger partial charge in [0.2, 0.25) is 0 Å². The molecule has 0 saturated carbocycles. The Balaban J connectivity index is 0.00000261. The van der Waals surface area contributed by atoms with Gasteiger partial charge in [0.15, 0.2) is 5.96 Å². The van der Waals surface area contributed by atoms with Gasteiger partial charge in [-0.05, 0) is 76.7 Å². The van der Waals surface area contributed by atoms with E-state index in [2.05, 4.69) is 51.9 Å². The van der Waals surface area contributed by atoms with Crippen molar-refractivity contribution in [2.24, 2.45) is 10.9 Å². The first-order valence-corrected chi connectivity index (χ1v) is 11.1. The second-order valence-corrected chi connectivity index (χ2v) is 8.62. The normalized spacial score (nSPS) is 23.0. The number of nitrogens with zero attached hydrogens (tertiary/aromatic N) is 3. The van der Waals surface area contributed by atoms with Crippen molar-refractivity contribution in [3.63, 3.8) is 0 Å². The van der Waals surface area contributed by atoms with Gasteiger partial charge < -0.3 is 15.5 Å². The number of halogens is 1. The minimum atomic E-state index is 0. The van der Waals surface area contributed by atoms with E-state index in [0.29, 0.717) is 6.04 Å². The zero-order valence-electron chi connectivity index (χ0n) is 16.8. The van der Waals surface area contributed by atoms with Gasteiger partial charge in [0, 0.05) is 24.5 Å². The zero-order chi connectivity index (χ0) is 18.2. The highest BCUT2D eigenvalue weighted by Crippen LogP contribution is 2.28. The smallest absolute Gasteiger partial charge is 0.191 e. The third-order valence-electron chi connectivity index (χ3n) is 5.50. The molecule has 0 amide bonds. The van der Waals surface area contributed by atoms with Gasteiger partial charge in [-0.3, -0.25) is 9.89 Å². The number of hydrogen-bond acceptors (Lipinski definition) is 4. The Morgan fingerprint density at radius 1 is 1.26 bits per heavy atom. The summed E-state index contributed by atoms with van der Waals surface area (Å²) < 4.78 is 0. The molecule has 0 aliphatic carbocycles. The Morgan fingerprint density at radius 2 is 2.07 bits per heavy atom. The predicted octanol–water partition coefficient (Wildman–Crippen LogP) is 3.40. The molecule has 3 rings (SSSR count). The van der Waals surface area contributed by atoms with Crippen LogP contribution >= 0.6 is 35.3 Å². The first kappa shape index (κ1) is 22.9. The topological polar surface area (TPSA) is 42.9 Å². The largest absolute Gasteiger partial charge is 0.357 e. The van der Waals surface area contributed by atoms with Crippen LogP contribution in [-0.4, -0.2) is 68.6 Å². The third-order valence-corrected chi connectivity index (χ3v) is 6.47. The molecule has 0 radical (unpaired) electrons. The van der Waals surface area contributed by atoms with Crippen LogP contribution in [0.1, 0.15) is 43.5 Å². The van der Waals surface area contributed by atoms with Crippen LogP contribution in [-0.2, 0) is 0 Å². The molecule has 7 heteroatoms. The van der Waals surface area contributed by atoms with Crippen LogP contribution < -0.4 is 10.6 Å². The Hall–Kier alpha value is -0.380. The summed E-state index contributed by atoms with van der Waals surface area (Å²) in [6.07, 6.45) is 5.27. The molecule has 1 aromatic rings. The van der Waals surface area contributed by atoms with E-state index in [-0.39, 0.29) is 24.0 Å². The lowest BCUT2D eigenvalue weighted by Gasteiger charge is -2.30. The van der Waals surface area contributed by atoms with E-state index in [1.807, 2.05) is 11.3 Å². The summed E-state index contributed by atoms with van der Waals surface area (Å²) in [6, 6.07) is 4.85. The van der Waals surface area contributed by atoms with Crippen LogP contribution in [0.5, 0.6) is 0 Å². The molecule has 1 aromatic heterocycles. The van der Waals surface area contributed by atoms with E-state index >= 15 is 0 Å². The van der Waals surface area contributed by atoms with Crippen LogP contribution in [0.4, 0.5) is 0 Å². The molecule has 2 fully saturated rings. The fraction of sp³-hybridized carbons (Fsp3) is 0.750. The number of rotatable bonds is 7. The Morgan fingerprint density at radius 3 is 2.74 bits per heavy atom. The van der Waals surface area contributed by atoms with Gasteiger partial charge in [-0.25, -0.2) is 0 Å². The monoisotopic (exact) mass is 505 g/mol. The highest BCUT2D eigenvalue weighted by molar-refractivity contribution is 14.0. The summed E-state index contributed by atoms with van der Waals surface area (Å²) in [4.78, 5) is 11.5. The molecule has 2 aliphatic heterocycles. The average Bonchev–Trinajstić information content (AvgIpc) is 3.34. The summed E-state index contributed by atoms with van der Waals surface area (Å²) in [5.74, 6) is 1.70. The lowest BCUT2D eigenvalue weighted by Crippen LogP contribution is -2.44. The van der Waals surface area contributed by atoms with Crippen LogP contribution in [0.2, 0.25) is 0 Å². The molecule has 2 saturated heterocycles. The molecular formula is C20H36IN5S. The molecular weight excluding hydrogens is 469 g/mol. The fourth-order valence-electron chi connectivity index (χ4n) is 4.12. The van der Waals surface area contributed by atoms with Crippen molar-refractivity contribution in [1.29, 1.82) is 0 Å². The van der Waals surface area contributed by atoms with Crippen LogP contribution in [0.25, 0.3) is 0 Å². The zero-order valence-corrected chi connectivity index (χ0v) is 20.0. The van der Waals surface area contributed by atoms with Crippen LogP contribution in [0, 0.1) is 5.92 Å². The summed E-state index contributed by atoms with van der Waals surface area (Å²) in [7, 11) is 2.23. The van der Waals surface area contributed by atoms with Crippen molar-refractivity contribution in [2.45, 2.75) is 38.6 Å². The second kappa shape index (κ2) is 12.2. The third kappa shape index (κ3) is 7.18. The fourth-order valence-corrected chi connectivity index (χ4v) is 4.97. The Labute approximate surface area is 186 Å². The van der Waals surface area contributed by atoms with Crippen molar-refractivity contribution in [1.82, 2.24) is 20.4 Å². The number of piperidine rings is 1. The molecule has 0 spiro atoms. The Kier molecular flexibility index (Phi) is 10.4. The lowest BCUT2D eigenvalue weighted by atomic mass is 9.99. The maximum absolute atomic E-state index is 4.96. The SMILES string of the molecule is CCNC(=NCC(c1cccs1)N1CCCC1)NCC1CCCN(C)C1.I. The predicted molar refractivity (Wildman–Crippen MR) is 127 cm³/mol. The summed E-state index contributed by atoms with van der Waals surface area (Å²) >= 11 is 1.86. The van der Waals surface area contributed by atoms with E-state index < -0.39 is 0 Å². The van der Waals surface area contributed by atoms with Crippen molar-refractivity contribution >= 4 is 41.3 Å². The molecule has 5 nitrogen and oxygen atoms in total. The van der Waals surface area contributed by atoms with E-state index in [9.17, 15) is 0 Å². The maximum atomic E-state index is 4.96. The highest BCUT2D eigenvalue weighted by atomic mass is 127. The minimum absolute atomic E-state index is 0. The van der Waals surface area contributed by atoms with E-state index in [1.165, 1.54) is 56.7 Å². The van der Waals surface area contributed by atoms with Crippen LogP contribution in [0.15, 0.2) is 22.5 Å². The number of hydrogen-bond donors (Lipinski definition) is 2. The van der Waals surface area contributed by atoms with E-state index in [0.717, 1.165) is 31.5 Å². The van der Waals surface area contributed by atoms with E-state index in [4.69, 9.17) is 4.99 Å². The molecule has 2 N–H and O–H groups in total. The summed E-state index contributed by atoms with van der Waals surface area (Å²) in [6.45, 7) is 9.74. The van der Waals surface area contributed by atoms with Crippen LogP contribution in [0.3, 0.4) is 0 Å². The highest BCUT2D eigenvalue weighted by Gasteiger charge is 2.24. The number of likely N-dealkylation sites (tertiary alicyclic amines) is 2. The molecule has 2 unspecified atom stereocenters. The Bertz CT molecular complexity index is 545. The van der Waals surface area contributed by atoms with Crippen molar-refractivity contribution in [3.8, 4) is 0 Å². The summed E-state index contributed by atoms with van der Waals surface area (Å²) in [5, 5.41) is 9.22. The quantitative estimate of drug-likeness (QED) is 0.339. The number of thiophene rings is 1. The number of nitrogens with one attached hydrogen (secondary N) is 2. The van der Waals surface area contributed by atoms with Gasteiger partial charge in [-0.15, -0.1) is 35.3 Å². The summed E-state index contributed by atoms with van der Waals surface area (Å²) in [5.41, 5.74) is 0.